The molecule has 2 aromatic carbocycles. The summed E-state index contributed by atoms with van der Waals surface area (Å²) in [5.41, 5.74) is 3.42. The molecule has 6 nitrogen and oxygen atoms in total. The van der Waals surface area contributed by atoms with Crippen LogP contribution in [0.5, 0.6) is 0 Å². The zero-order chi connectivity index (χ0) is 21.6. The summed E-state index contributed by atoms with van der Waals surface area (Å²) in [5.74, 6) is 1.04. The third kappa shape index (κ3) is 5.58. The number of nitrogens with one attached hydrogen (secondary N) is 1. The van der Waals surface area contributed by atoms with E-state index >= 15 is 0 Å². The van der Waals surface area contributed by atoms with Crippen molar-refractivity contribution in [2.75, 3.05) is 13.1 Å². The van der Waals surface area contributed by atoms with Gasteiger partial charge in [0.1, 0.15) is 0 Å². The van der Waals surface area contributed by atoms with Crippen molar-refractivity contribution in [2.45, 2.75) is 51.6 Å². The molecule has 0 spiro atoms. The van der Waals surface area contributed by atoms with Gasteiger partial charge in [0.05, 0.1) is 0 Å². The number of aromatic nitrogens is 2. The maximum absolute atomic E-state index is 12.4. The van der Waals surface area contributed by atoms with E-state index in [0.29, 0.717) is 30.7 Å². The summed E-state index contributed by atoms with van der Waals surface area (Å²) in [6, 6.07) is 19.2. The van der Waals surface area contributed by atoms with Crippen LogP contribution in [0, 0.1) is 6.92 Å². The molecule has 1 atom stereocenters. The van der Waals surface area contributed by atoms with Crippen molar-refractivity contribution < 1.29 is 9.21 Å². The summed E-state index contributed by atoms with van der Waals surface area (Å²) in [5, 5.41) is 11.4. The van der Waals surface area contributed by atoms with Gasteiger partial charge >= 0.3 is 0 Å². The molecule has 6 heteroatoms. The van der Waals surface area contributed by atoms with Crippen molar-refractivity contribution >= 4 is 5.91 Å². The number of carbonyl (C=O) groups is 1. The number of hydrogen-bond donors (Lipinski definition) is 1. The predicted octanol–water partition coefficient (Wildman–Crippen LogP) is 4.32. The monoisotopic (exact) mass is 418 g/mol. The average Bonchev–Trinajstić information content (AvgIpc) is 3.28. The van der Waals surface area contributed by atoms with Crippen LogP contribution in [0.1, 0.15) is 49.2 Å². The second kappa shape index (κ2) is 9.88. The number of aryl methyl sites for hydroxylation is 2. The summed E-state index contributed by atoms with van der Waals surface area (Å²) in [6.45, 7) is 6.27. The van der Waals surface area contributed by atoms with Gasteiger partial charge in [0, 0.05) is 43.6 Å². The second-order valence-electron chi connectivity index (χ2n) is 8.33. The van der Waals surface area contributed by atoms with Crippen LogP contribution < -0.4 is 5.32 Å². The van der Waals surface area contributed by atoms with Crippen molar-refractivity contribution in [3.05, 3.63) is 71.6 Å². The zero-order valence-corrected chi connectivity index (χ0v) is 18.3. The van der Waals surface area contributed by atoms with Crippen LogP contribution in [0.4, 0.5) is 0 Å². The van der Waals surface area contributed by atoms with E-state index in [2.05, 4.69) is 57.7 Å². The number of amides is 1. The van der Waals surface area contributed by atoms with Gasteiger partial charge in [-0.3, -0.25) is 9.69 Å². The largest absolute Gasteiger partial charge is 0.421 e. The van der Waals surface area contributed by atoms with Crippen LogP contribution in [0.25, 0.3) is 11.5 Å². The first-order valence-electron chi connectivity index (χ1n) is 11.1. The molecule has 1 saturated heterocycles. The molecule has 1 unspecified atom stereocenters. The fourth-order valence-electron chi connectivity index (χ4n) is 4.06. The predicted molar refractivity (Wildman–Crippen MR) is 120 cm³/mol. The molecular weight excluding hydrogens is 388 g/mol. The highest BCUT2D eigenvalue weighted by atomic mass is 16.4. The molecule has 0 aliphatic carbocycles. The smallest absolute Gasteiger partial charge is 0.247 e. The lowest BCUT2D eigenvalue weighted by Crippen LogP contribution is -2.45. The lowest BCUT2D eigenvalue weighted by Gasteiger charge is -2.36. The fourth-order valence-corrected chi connectivity index (χ4v) is 4.06. The van der Waals surface area contributed by atoms with Gasteiger partial charge in [0.25, 0.3) is 0 Å². The van der Waals surface area contributed by atoms with E-state index in [1.807, 2.05) is 31.2 Å². The lowest BCUT2D eigenvalue weighted by molar-refractivity contribution is -0.122. The SMILES string of the molecule is Cc1ccc(-c2nnc(CCC(=O)NC3CCN(C(C)c4ccccc4)CC3)o2)cc1. The summed E-state index contributed by atoms with van der Waals surface area (Å²) in [7, 11) is 0. The number of likely N-dealkylation sites (tertiary alicyclic amines) is 1. The van der Waals surface area contributed by atoms with Crippen LogP contribution in [0.3, 0.4) is 0 Å². The van der Waals surface area contributed by atoms with Gasteiger partial charge in [-0.2, -0.15) is 0 Å². The first kappa shape index (κ1) is 21.2. The van der Waals surface area contributed by atoms with Crippen LogP contribution >= 0.6 is 0 Å². The van der Waals surface area contributed by atoms with E-state index in [1.54, 1.807) is 0 Å². The van der Waals surface area contributed by atoms with Gasteiger partial charge in [-0.15, -0.1) is 10.2 Å². The fraction of sp³-hybridized carbons (Fsp3) is 0.400. The quantitative estimate of drug-likeness (QED) is 0.619. The Morgan fingerprint density at radius 3 is 2.52 bits per heavy atom. The number of nitrogens with zero attached hydrogens (tertiary/aromatic N) is 3. The Labute approximate surface area is 183 Å². The maximum Gasteiger partial charge on any atom is 0.247 e. The molecule has 2 heterocycles. The Morgan fingerprint density at radius 2 is 1.81 bits per heavy atom. The van der Waals surface area contributed by atoms with Gasteiger partial charge in [-0.05, 0) is 44.4 Å². The van der Waals surface area contributed by atoms with Crippen molar-refractivity contribution in [1.82, 2.24) is 20.4 Å². The summed E-state index contributed by atoms with van der Waals surface area (Å²) < 4.78 is 5.72. The zero-order valence-electron chi connectivity index (χ0n) is 18.3. The maximum atomic E-state index is 12.4. The van der Waals surface area contributed by atoms with Crippen LogP contribution in [0.2, 0.25) is 0 Å². The van der Waals surface area contributed by atoms with Gasteiger partial charge in [-0.1, -0.05) is 48.0 Å². The molecule has 0 saturated carbocycles. The minimum absolute atomic E-state index is 0.0460. The molecule has 3 aromatic rings. The van der Waals surface area contributed by atoms with Crippen molar-refractivity contribution in [1.29, 1.82) is 0 Å². The number of piperidine rings is 1. The first-order valence-corrected chi connectivity index (χ1v) is 11.1. The standard InChI is InChI=1S/C25H30N4O2/c1-18-8-10-21(11-9-18)25-28-27-24(31-25)13-12-23(30)26-22-14-16-29(17-15-22)19(2)20-6-4-3-5-7-20/h3-11,19,22H,12-17H2,1-2H3,(H,26,30). The molecule has 1 fully saturated rings. The molecule has 162 valence electrons. The van der Waals surface area contributed by atoms with E-state index in [9.17, 15) is 4.79 Å². The number of hydrogen-bond acceptors (Lipinski definition) is 5. The lowest BCUT2D eigenvalue weighted by atomic mass is 10.00. The molecule has 1 aliphatic rings. The Hall–Kier alpha value is -2.99. The first-order chi connectivity index (χ1) is 15.1. The van der Waals surface area contributed by atoms with E-state index in [1.165, 1.54) is 11.1 Å². The Morgan fingerprint density at radius 1 is 1.10 bits per heavy atom. The third-order valence-electron chi connectivity index (χ3n) is 6.06. The molecule has 1 aromatic heterocycles. The molecule has 31 heavy (non-hydrogen) atoms. The average molecular weight is 419 g/mol. The Kier molecular flexibility index (Phi) is 6.77. The topological polar surface area (TPSA) is 71.3 Å². The molecular formula is C25H30N4O2. The number of benzene rings is 2. The van der Waals surface area contributed by atoms with Gasteiger partial charge in [0.2, 0.25) is 17.7 Å². The van der Waals surface area contributed by atoms with Gasteiger partial charge < -0.3 is 9.73 Å². The highest BCUT2D eigenvalue weighted by Gasteiger charge is 2.24. The third-order valence-corrected chi connectivity index (χ3v) is 6.06. The minimum Gasteiger partial charge on any atom is -0.421 e. The van der Waals surface area contributed by atoms with E-state index in [0.717, 1.165) is 31.5 Å². The summed E-state index contributed by atoms with van der Waals surface area (Å²) >= 11 is 0. The minimum atomic E-state index is 0.0460. The Balaban J connectivity index is 1.21. The van der Waals surface area contributed by atoms with Crippen molar-refractivity contribution in [3.8, 4) is 11.5 Å². The molecule has 1 aliphatic heterocycles. The molecule has 0 bridgehead atoms. The number of rotatable bonds is 7. The molecule has 0 radical (unpaired) electrons. The van der Waals surface area contributed by atoms with Crippen LogP contribution in [0.15, 0.2) is 59.0 Å². The normalized spacial score (nSPS) is 16.2. The molecule has 1 amide bonds. The summed E-state index contributed by atoms with van der Waals surface area (Å²) in [6.07, 6.45) is 2.76. The summed E-state index contributed by atoms with van der Waals surface area (Å²) in [4.78, 5) is 14.9. The highest BCUT2D eigenvalue weighted by molar-refractivity contribution is 5.76. The van der Waals surface area contributed by atoms with E-state index < -0.39 is 0 Å². The molecule has 1 N–H and O–H groups in total. The van der Waals surface area contributed by atoms with Gasteiger partial charge in [0.15, 0.2) is 0 Å². The Bertz CT molecular complexity index is 976. The van der Waals surface area contributed by atoms with E-state index in [4.69, 9.17) is 4.42 Å². The van der Waals surface area contributed by atoms with E-state index in [-0.39, 0.29) is 11.9 Å². The van der Waals surface area contributed by atoms with Crippen LogP contribution in [-0.2, 0) is 11.2 Å². The van der Waals surface area contributed by atoms with Gasteiger partial charge in [-0.25, -0.2) is 0 Å². The van der Waals surface area contributed by atoms with Crippen molar-refractivity contribution in [3.63, 3.8) is 0 Å². The van der Waals surface area contributed by atoms with Crippen molar-refractivity contribution in [2.24, 2.45) is 0 Å². The second-order valence-corrected chi connectivity index (χ2v) is 8.33. The number of carbonyl (C=O) groups excluding carboxylic acids is 1. The molecule has 4 rings (SSSR count). The van der Waals surface area contributed by atoms with Crippen LogP contribution in [-0.4, -0.2) is 40.1 Å². The highest BCUT2D eigenvalue weighted by Crippen LogP contribution is 2.24.